The molecule has 0 spiro atoms. The maximum absolute atomic E-state index is 0. The summed E-state index contributed by atoms with van der Waals surface area (Å²) in [6.45, 7) is 0. The van der Waals surface area contributed by atoms with Crippen molar-refractivity contribution in [2.45, 2.75) is 0 Å². The van der Waals surface area contributed by atoms with Crippen LogP contribution in [0, 0.1) is 0 Å². The summed E-state index contributed by atoms with van der Waals surface area (Å²) in [4.78, 5) is 0. The van der Waals surface area contributed by atoms with Gasteiger partial charge in [0.05, 0.1) is 0 Å². The van der Waals surface area contributed by atoms with E-state index in [0.717, 1.165) is 0 Å². The second kappa shape index (κ2) is 1820. The van der Waals surface area contributed by atoms with Gasteiger partial charge in [0, 0.05) is 21.1 Å². The van der Waals surface area contributed by atoms with Gasteiger partial charge < -0.3 is 38.3 Å². The summed E-state index contributed by atoms with van der Waals surface area (Å²) in [5, 5.41) is 0. The molecule has 0 atom stereocenters. The molecular formula is H8MoO7-6. The maximum atomic E-state index is 0. The van der Waals surface area contributed by atoms with Crippen molar-refractivity contribution in [1.29, 1.82) is 0 Å². The molecule has 0 bridgehead atoms. The largest absolute Gasteiger partial charge is 0.870 e. The van der Waals surface area contributed by atoms with Gasteiger partial charge in [0.2, 0.25) is 0 Å². The third kappa shape index (κ3) is 1120. The van der Waals surface area contributed by atoms with E-state index in [1.54, 1.807) is 0 Å². The van der Waals surface area contributed by atoms with Gasteiger partial charge in [0.15, 0.2) is 0 Å². The van der Waals surface area contributed by atoms with E-state index in [4.69, 9.17) is 0 Å². The van der Waals surface area contributed by atoms with Crippen LogP contribution in [0.2, 0.25) is 0 Å². The molecule has 0 fully saturated rings. The average molecular weight is 216 g/mol. The first-order valence-electron chi connectivity index (χ1n) is 0. The standard InChI is InChI=1S/Mo.7H2O/h;7*1H2/p-6. The normalized spacial score (nSPS) is 0. The SMILES string of the molecule is O.[Mo].[OH-].[OH-].[OH-].[OH-].[OH-].[OH-]. The van der Waals surface area contributed by atoms with E-state index in [1.807, 2.05) is 0 Å². The molecule has 0 aliphatic rings. The predicted octanol–water partition coefficient (Wildman–Crippen LogP) is -1.89. The van der Waals surface area contributed by atoms with Gasteiger partial charge in [-0.05, 0) is 0 Å². The van der Waals surface area contributed by atoms with Gasteiger partial charge in [-0.1, -0.05) is 0 Å². The number of hydrogen-bond donors (Lipinski definition) is 0. The van der Waals surface area contributed by atoms with Crippen molar-refractivity contribution in [2.24, 2.45) is 0 Å². The molecule has 0 aliphatic heterocycles. The Balaban J connectivity index is 0. The first-order valence-corrected chi connectivity index (χ1v) is 0. The molecule has 0 amide bonds. The summed E-state index contributed by atoms with van der Waals surface area (Å²) in [7, 11) is 0. The molecule has 7 nitrogen and oxygen atoms in total. The number of hydrogen-bond acceptors (Lipinski definition) is 6. The topological polar surface area (TPSA) is 212 Å². The van der Waals surface area contributed by atoms with Gasteiger partial charge in [0.1, 0.15) is 0 Å². The summed E-state index contributed by atoms with van der Waals surface area (Å²) >= 11 is 0. The molecule has 8 heavy (non-hydrogen) atoms. The van der Waals surface area contributed by atoms with Crippen LogP contribution in [-0.2, 0) is 21.1 Å². The van der Waals surface area contributed by atoms with Crippen molar-refractivity contribution in [1.82, 2.24) is 0 Å². The Hall–Kier alpha value is 0.408. The summed E-state index contributed by atoms with van der Waals surface area (Å²) in [5.74, 6) is 0. The molecule has 8 heteroatoms. The molecule has 0 heterocycles. The second-order valence-corrected chi connectivity index (χ2v) is 0. The first-order chi connectivity index (χ1) is 0. The number of rotatable bonds is 0. The molecule has 0 unspecified atom stereocenters. The van der Waals surface area contributed by atoms with Crippen LogP contribution in [0.5, 0.6) is 0 Å². The zero-order valence-corrected chi connectivity index (χ0v) is 5.60. The predicted molar refractivity (Wildman–Crippen MR) is 15.2 cm³/mol. The maximum Gasteiger partial charge on any atom is 0 e. The van der Waals surface area contributed by atoms with Crippen LogP contribution >= 0.6 is 0 Å². The van der Waals surface area contributed by atoms with Gasteiger partial charge in [-0.15, -0.1) is 0 Å². The fourth-order valence-electron chi connectivity index (χ4n) is 0. The van der Waals surface area contributed by atoms with Crippen molar-refractivity contribution in [3.05, 3.63) is 0 Å². The minimum atomic E-state index is 0. The van der Waals surface area contributed by atoms with Gasteiger partial charge in [-0.2, -0.15) is 0 Å². The van der Waals surface area contributed by atoms with Crippen molar-refractivity contribution >= 4 is 0 Å². The smallest absolute Gasteiger partial charge is 0 e. The van der Waals surface area contributed by atoms with E-state index in [0.29, 0.717) is 0 Å². The Labute approximate surface area is 60.1 Å². The van der Waals surface area contributed by atoms with Gasteiger partial charge in [0.25, 0.3) is 0 Å². The quantitative estimate of drug-likeness (QED) is 0.421. The third-order valence-electron chi connectivity index (χ3n) is 0. The van der Waals surface area contributed by atoms with Crippen LogP contribution < -0.4 is 0 Å². The zero-order valence-electron chi connectivity index (χ0n) is 3.59. The van der Waals surface area contributed by atoms with Crippen LogP contribution in [-0.4, -0.2) is 38.3 Å². The Morgan fingerprint density at radius 1 is 0.375 bits per heavy atom. The Morgan fingerprint density at radius 3 is 0.375 bits per heavy atom. The minimum absolute atomic E-state index is 0. The van der Waals surface area contributed by atoms with E-state index in [1.165, 1.54) is 0 Å². The molecule has 0 saturated heterocycles. The third-order valence-corrected chi connectivity index (χ3v) is 0. The summed E-state index contributed by atoms with van der Waals surface area (Å²) in [6.07, 6.45) is 0. The fraction of sp³-hybridized carbons (Fsp3) is 0. The zero-order chi connectivity index (χ0) is 0. The average Bonchev–Trinajstić information content (AvgIpc) is 0. The van der Waals surface area contributed by atoms with Gasteiger partial charge in [-0.3, -0.25) is 0 Å². The molecule has 8 N–H and O–H groups in total. The van der Waals surface area contributed by atoms with E-state index < -0.39 is 0 Å². The first kappa shape index (κ1) is 2770. The minimum Gasteiger partial charge on any atom is -0.870 e. The van der Waals surface area contributed by atoms with Crippen LogP contribution in [0.4, 0.5) is 0 Å². The molecule has 0 aromatic heterocycles. The van der Waals surface area contributed by atoms with E-state index in [2.05, 4.69) is 0 Å². The summed E-state index contributed by atoms with van der Waals surface area (Å²) in [5.41, 5.74) is 0. The Kier molecular flexibility index (Phi) is 631000. The van der Waals surface area contributed by atoms with E-state index >= 15 is 0 Å². The molecule has 62 valence electrons. The van der Waals surface area contributed by atoms with Crippen molar-refractivity contribution in [2.75, 3.05) is 0 Å². The van der Waals surface area contributed by atoms with E-state index in [9.17, 15) is 0 Å². The van der Waals surface area contributed by atoms with Crippen LogP contribution in [0.15, 0.2) is 0 Å². The molecule has 0 radical (unpaired) electrons. The van der Waals surface area contributed by atoms with Crippen LogP contribution in [0.3, 0.4) is 0 Å². The molecule has 0 rings (SSSR count). The van der Waals surface area contributed by atoms with Crippen LogP contribution in [0.25, 0.3) is 0 Å². The van der Waals surface area contributed by atoms with Gasteiger partial charge >= 0.3 is 0 Å². The molecule has 0 saturated carbocycles. The van der Waals surface area contributed by atoms with Crippen molar-refractivity contribution in [3.63, 3.8) is 0 Å². The monoisotopic (exact) mass is 218 g/mol. The van der Waals surface area contributed by atoms with Crippen molar-refractivity contribution in [3.8, 4) is 0 Å². The Bertz CT molecular complexity index is 4.35. The second-order valence-electron chi connectivity index (χ2n) is 0. The summed E-state index contributed by atoms with van der Waals surface area (Å²) < 4.78 is 0. The molecular weight excluding hydrogens is 208 g/mol. The molecule has 0 aromatic rings. The van der Waals surface area contributed by atoms with E-state index in [-0.39, 0.29) is 59.4 Å². The molecule has 0 aliphatic carbocycles. The Morgan fingerprint density at radius 2 is 0.375 bits per heavy atom. The summed E-state index contributed by atoms with van der Waals surface area (Å²) in [6, 6.07) is 0. The van der Waals surface area contributed by atoms with Crippen molar-refractivity contribution < 1.29 is 59.4 Å². The van der Waals surface area contributed by atoms with Gasteiger partial charge in [-0.25, -0.2) is 0 Å². The molecule has 0 aromatic carbocycles. The van der Waals surface area contributed by atoms with Crippen LogP contribution in [0.1, 0.15) is 0 Å². The fourth-order valence-corrected chi connectivity index (χ4v) is 0.